The van der Waals surface area contributed by atoms with Crippen LogP contribution in [0.4, 0.5) is 4.39 Å². The molecule has 2 heterocycles. The number of benzene rings is 1. The van der Waals surface area contributed by atoms with E-state index in [-0.39, 0.29) is 24.8 Å². The van der Waals surface area contributed by atoms with Gasteiger partial charge < -0.3 is 15.0 Å². The van der Waals surface area contributed by atoms with E-state index in [4.69, 9.17) is 5.11 Å². The minimum Gasteiger partial charge on any atom is -0.480 e. The summed E-state index contributed by atoms with van der Waals surface area (Å²) in [5.74, 6) is -1.17. The molecule has 0 saturated carbocycles. The maximum Gasteiger partial charge on any atom is 0.323 e. The first-order valence-corrected chi connectivity index (χ1v) is 5.89. The van der Waals surface area contributed by atoms with Crippen molar-refractivity contribution in [3.8, 4) is 0 Å². The van der Waals surface area contributed by atoms with Gasteiger partial charge in [-0.15, -0.1) is 12.4 Å². The third kappa shape index (κ3) is 2.31. The monoisotopic (exact) mass is 284 g/mol. The first-order chi connectivity index (χ1) is 8.66. The molecule has 0 spiro atoms. The average molecular weight is 285 g/mol. The summed E-state index contributed by atoms with van der Waals surface area (Å²) in [7, 11) is 0. The Labute approximate surface area is 115 Å². The van der Waals surface area contributed by atoms with Crippen LogP contribution in [0.2, 0.25) is 0 Å². The van der Waals surface area contributed by atoms with E-state index in [1.165, 1.54) is 12.1 Å². The lowest BCUT2D eigenvalue weighted by molar-refractivity contribution is -0.137. The summed E-state index contributed by atoms with van der Waals surface area (Å²) in [6, 6.07) is 4.52. The molecular formula is C13H14ClFN2O2. The second-order valence-corrected chi connectivity index (χ2v) is 4.49. The van der Waals surface area contributed by atoms with Crippen molar-refractivity contribution in [2.75, 3.05) is 6.54 Å². The molecule has 0 fully saturated rings. The number of carboxylic acid groups (broad SMARTS) is 1. The van der Waals surface area contributed by atoms with Gasteiger partial charge in [-0.1, -0.05) is 0 Å². The lowest BCUT2D eigenvalue weighted by Crippen LogP contribution is -2.25. The van der Waals surface area contributed by atoms with E-state index in [1.54, 1.807) is 10.6 Å². The Kier molecular flexibility index (Phi) is 3.78. The van der Waals surface area contributed by atoms with E-state index >= 15 is 0 Å². The topological polar surface area (TPSA) is 54.3 Å². The predicted octanol–water partition coefficient (Wildman–Crippen LogP) is 1.93. The maximum atomic E-state index is 13.3. The number of aliphatic carboxylic acids is 1. The van der Waals surface area contributed by atoms with E-state index in [0.29, 0.717) is 6.54 Å². The van der Waals surface area contributed by atoms with Gasteiger partial charge in [-0.3, -0.25) is 4.79 Å². The Morgan fingerprint density at radius 3 is 3.00 bits per heavy atom. The van der Waals surface area contributed by atoms with Gasteiger partial charge in [0.15, 0.2) is 0 Å². The van der Waals surface area contributed by atoms with Gasteiger partial charge in [0, 0.05) is 36.1 Å². The van der Waals surface area contributed by atoms with Crippen molar-refractivity contribution in [1.82, 2.24) is 9.88 Å². The molecule has 2 N–H and O–H groups in total. The Morgan fingerprint density at radius 1 is 1.47 bits per heavy atom. The number of hydrogen-bond donors (Lipinski definition) is 2. The molecule has 0 radical (unpaired) electrons. The fourth-order valence-corrected chi connectivity index (χ4v) is 2.67. The number of halogens is 2. The molecule has 6 heteroatoms. The second kappa shape index (κ2) is 5.19. The molecule has 2 aromatic rings. The molecule has 0 bridgehead atoms. The highest BCUT2D eigenvalue weighted by Gasteiger charge is 2.21. The van der Waals surface area contributed by atoms with Gasteiger partial charge in [0.1, 0.15) is 12.4 Å². The molecule has 0 unspecified atom stereocenters. The standard InChI is InChI=1S/C13H13FN2O2.ClH/c14-8-1-2-11-9(5-8)10-6-15-4-3-12(10)16(11)7-13(17)18;/h1-2,5,15H,3-4,6-7H2,(H,17,18);1H. The fraction of sp³-hybridized carbons (Fsp3) is 0.308. The van der Waals surface area contributed by atoms with E-state index in [9.17, 15) is 9.18 Å². The van der Waals surface area contributed by atoms with Crippen LogP contribution in [0.3, 0.4) is 0 Å². The average Bonchev–Trinajstić information content (AvgIpc) is 2.64. The third-order valence-electron chi connectivity index (χ3n) is 3.38. The predicted molar refractivity (Wildman–Crippen MR) is 72.2 cm³/mol. The van der Waals surface area contributed by atoms with Crippen molar-refractivity contribution >= 4 is 29.3 Å². The van der Waals surface area contributed by atoms with Gasteiger partial charge in [-0.05, 0) is 23.8 Å². The molecule has 19 heavy (non-hydrogen) atoms. The summed E-state index contributed by atoms with van der Waals surface area (Å²) in [6.45, 7) is 1.42. The lowest BCUT2D eigenvalue weighted by Gasteiger charge is -2.15. The number of nitrogens with zero attached hydrogens (tertiary/aromatic N) is 1. The Bertz CT molecular complexity index is 639. The second-order valence-electron chi connectivity index (χ2n) is 4.49. The summed E-state index contributed by atoms with van der Waals surface area (Å²) in [5, 5.41) is 13.0. The van der Waals surface area contributed by atoms with Crippen LogP contribution in [-0.2, 0) is 24.3 Å². The van der Waals surface area contributed by atoms with Gasteiger partial charge in [0.2, 0.25) is 0 Å². The zero-order chi connectivity index (χ0) is 12.7. The van der Waals surface area contributed by atoms with Crippen LogP contribution in [0.5, 0.6) is 0 Å². The van der Waals surface area contributed by atoms with Gasteiger partial charge >= 0.3 is 5.97 Å². The number of carbonyl (C=O) groups is 1. The van der Waals surface area contributed by atoms with Crippen LogP contribution in [-0.4, -0.2) is 22.2 Å². The molecule has 1 aromatic carbocycles. The third-order valence-corrected chi connectivity index (χ3v) is 3.38. The molecule has 3 rings (SSSR count). The Hall–Kier alpha value is -1.59. The largest absolute Gasteiger partial charge is 0.480 e. The van der Waals surface area contributed by atoms with E-state index in [0.717, 1.165) is 35.1 Å². The molecule has 1 aliphatic heterocycles. The molecule has 102 valence electrons. The maximum absolute atomic E-state index is 13.3. The van der Waals surface area contributed by atoms with Crippen molar-refractivity contribution < 1.29 is 14.3 Å². The molecule has 0 saturated heterocycles. The summed E-state index contributed by atoms with van der Waals surface area (Å²) in [5.41, 5.74) is 2.83. The van der Waals surface area contributed by atoms with Crippen LogP contribution in [0.15, 0.2) is 18.2 Å². The summed E-state index contributed by atoms with van der Waals surface area (Å²) >= 11 is 0. The first kappa shape index (κ1) is 13.8. The van der Waals surface area contributed by atoms with Gasteiger partial charge in [0.25, 0.3) is 0 Å². The van der Waals surface area contributed by atoms with Crippen LogP contribution in [0, 0.1) is 5.82 Å². The van der Waals surface area contributed by atoms with Gasteiger partial charge in [0.05, 0.1) is 0 Å². The highest BCUT2D eigenvalue weighted by molar-refractivity contribution is 5.87. The SMILES string of the molecule is Cl.O=C(O)Cn1c2c(c3cc(F)ccc31)CNCC2. The van der Waals surface area contributed by atoms with Crippen molar-refractivity contribution in [1.29, 1.82) is 0 Å². The highest BCUT2D eigenvalue weighted by Crippen LogP contribution is 2.29. The minimum atomic E-state index is -0.877. The normalized spacial score (nSPS) is 13.9. The number of rotatable bonds is 2. The zero-order valence-corrected chi connectivity index (χ0v) is 11.0. The molecule has 4 nitrogen and oxygen atoms in total. The molecule has 1 aliphatic rings. The quantitative estimate of drug-likeness (QED) is 0.886. The molecule has 0 amide bonds. The number of hydrogen-bond acceptors (Lipinski definition) is 2. The van der Waals surface area contributed by atoms with Crippen LogP contribution in [0.25, 0.3) is 10.9 Å². The Balaban J connectivity index is 0.00000133. The Morgan fingerprint density at radius 2 is 2.26 bits per heavy atom. The van der Waals surface area contributed by atoms with Gasteiger partial charge in [-0.2, -0.15) is 0 Å². The lowest BCUT2D eigenvalue weighted by atomic mass is 10.1. The van der Waals surface area contributed by atoms with Crippen molar-refractivity contribution in [3.05, 3.63) is 35.3 Å². The van der Waals surface area contributed by atoms with E-state index < -0.39 is 5.97 Å². The first-order valence-electron chi connectivity index (χ1n) is 5.89. The number of aromatic nitrogens is 1. The molecular weight excluding hydrogens is 271 g/mol. The number of nitrogens with one attached hydrogen (secondary N) is 1. The zero-order valence-electron chi connectivity index (χ0n) is 10.1. The minimum absolute atomic E-state index is 0. The molecule has 0 aliphatic carbocycles. The number of fused-ring (bicyclic) bond motifs is 3. The van der Waals surface area contributed by atoms with Crippen molar-refractivity contribution in [2.45, 2.75) is 19.5 Å². The van der Waals surface area contributed by atoms with E-state index in [1.807, 2.05) is 0 Å². The molecule has 0 atom stereocenters. The van der Waals surface area contributed by atoms with Crippen LogP contribution >= 0.6 is 12.4 Å². The smallest absolute Gasteiger partial charge is 0.323 e. The summed E-state index contributed by atoms with van der Waals surface area (Å²) < 4.78 is 15.1. The summed E-state index contributed by atoms with van der Waals surface area (Å²) in [4.78, 5) is 11.0. The van der Waals surface area contributed by atoms with Crippen LogP contribution in [0.1, 0.15) is 11.3 Å². The number of carboxylic acids is 1. The van der Waals surface area contributed by atoms with E-state index in [2.05, 4.69) is 5.32 Å². The van der Waals surface area contributed by atoms with Crippen molar-refractivity contribution in [3.63, 3.8) is 0 Å². The van der Waals surface area contributed by atoms with Gasteiger partial charge in [-0.25, -0.2) is 4.39 Å². The van der Waals surface area contributed by atoms with Crippen molar-refractivity contribution in [2.24, 2.45) is 0 Å². The summed E-state index contributed by atoms with van der Waals surface area (Å²) in [6.07, 6.45) is 0.777. The van der Waals surface area contributed by atoms with Crippen LogP contribution < -0.4 is 5.32 Å². The molecule has 1 aromatic heterocycles. The highest BCUT2D eigenvalue weighted by atomic mass is 35.5. The fourth-order valence-electron chi connectivity index (χ4n) is 2.67.